The molecule has 2 aliphatic heterocycles. The molecule has 0 spiro atoms. The second-order valence-corrected chi connectivity index (χ2v) is 10.0. The number of hydrogen-bond acceptors (Lipinski definition) is 6. The average molecular weight is 442 g/mol. The van der Waals surface area contributed by atoms with E-state index in [0.717, 1.165) is 31.3 Å². The minimum atomic E-state index is -1.12. The van der Waals surface area contributed by atoms with Crippen LogP contribution in [0.1, 0.15) is 73.6 Å². The van der Waals surface area contributed by atoms with Crippen LogP contribution in [0, 0.1) is 17.3 Å². The highest BCUT2D eigenvalue weighted by Gasteiger charge is 2.44. The Morgan fingerprint density at radius 2 is 1.93 bits per heavy atom. The van der Waals surface area contributed by atoms with Crippen LogP contribution in [0.3, 0.4) is 0 Å². The van der Waals surface area contributed by atoms with Crippen molar-refractivity contribution in [2.45, 2.75) is 104 Å². The number of fused-ring (bicyclic) bond motifs is 1. The lowest BCUT2D eigenvalue weighted by atomic mass is 9.73. The number of carbonyl (C=O) groups excluding carboxylic acids is 2. The van der Waals surface area contributed by atoms with E-state index in [1.54, 1.807) is 13.8 Å². The van der Waals surface area contributed by atoms with Crippen LogP contribution in [-0.2, 0) is 18.8 Å². The molecule has 0 saturated carbocycles. The number of nitrogens with one attached hydrogen (secondary N) is 1. The maximum absolute atomic E-state index is 13.2. The quantitative estimate of drug-likeness (QED) is 0.294. The van der Waals surface area contributed by atoms with Crippen molar-refractivity contribution in [3.63, 3.8) is 0 Å². The highest BCUT2D eigenvalue weighted by molar-refractivity contribution is 7.09. The number of allylic oxidation sites excluding steroid dienone is 1. The van der Waals surface area contributed by atoms with Gasteiger partial charge in [0.1, 0.15) is 11.9 Å². The van der Waals surface area contributed by atoms with Crippen LogP contribution in [-0.4, -0.2) is 47.3 Å². The Kier molecular flexibility index (Phi) is 9.05. The van der Waals surface area contributed by atoms with Gasteiger partial charge in [0.15, 0.2) is 0 Å². The van der Waals surface area contributed by atoms with E-state index < -0.39 is 23.4 Å². The summed E-state index contributed by atoms with van der Waals surface area (Å²) in [7, 11) is 2.30. The molecule has 0 amide bonds. The molecule has 0 aliphatic carbocycles. The molecule has 172 valence electrons. The summed E-state index contributed by atoms with van der Waals surface area (Å²) in [5, 5.41) is 14.3. The molecule has 2 aliphatic rings. The molecular weight excluding hydrogens is 401 g/mol. The summed E-state index contributed by atoms with van der Waals surface area (Å²) in [6.07, 6.45) is 3.88. The fourth-order valence-electron chi connectivity index (χ4n) is 4.57. The fourth-order valence-corrected chi connectivity index (χ4v) is 5.07. The van der Waals surface area contributed by atoms with Gasteiger partial charge in [0, 0.05) is 33.9 Å². The van der Waals surface area contributed by atoms with E-state index in [9.17, 15) is 14.7 Å². The van der Waals surface area contributed by atoms with Gasteiger partial charge in [0.2, 0.25) is 0 Å². The van der Waals surface area contributed by atoms with Gasteiger partial charge in [-0.05, 0) is 38.2 Å². The molecule has 0 aromatic heterocycles. The number of rotatable bonds is 2. The second-order valence-electron chi connectivity index (χ2n) is 9.73. The lowest BCUT2D eigenvalue weighted by molar-refractivity contribution is -0.154. The number of hydrogen-bond donors (Lipinski definition) is 2. The zero-order valence-electron chi connectivity index (χ0n) is 19.3. The summed E-state index contributed by atoms with van der Waals surface area (Å²) in [6, 6.07) is 0.784. The van der Waals surface area contributed by atoms with Gasteiger partial charge in [-0.3, -0.25) is 9.59 Å². The average Bonchev–Trinajstić information content (AvgIpc) is 3.43. The minimum Gasteiger partial charge on any atom is -0.458 e. The molecule has 2 fully saturated rings. The highest BCUT2D eigenvalue weighted by atomic mass is 31.0. The molecule has 0 aromatic rings. The predicted octanol–water partition coefficient (Wildman–Crippen LogP) is 3.57. The molecule has 2 N–H and O–H groups in total. The van der Waals surface area contributed by atoms with Gasteiger partial charge in [0.25, 0.3) is 0 Å². The number of ether oxygens (including phenoxy) is 1. The number of Topliss-reactive ketones (excluding diaryl/α,β-unsaturated/α-hetero) is 1. The molecule has 7 unspecified atom stereocenters. The summed E-state index contributed by atoms with van der Waals surface area (Å²) < 4.78 is 11.4. The lowest BCUT2D eigenvalue weighted by Gasteiger charge is -2.35. The van der Waals surface area contributed by atoms with E-state index >= 15 is 0 Å². The first-order valence-corrected chi connectivity index (χ1v) is 11.7. The Labute approximate surface area is 183 Å². The molecule has 7 heteroatoms. The van der Waals surface area contributed by atoms with E-state index in [-0.39, 0.29) is 30.3 Å². The van der Waals surface area contributed by atoms with Gasteiger partial charge in [-0.25, -0.2) is 0 Å². The smallest absolute Gasteiger partial charge is 0.309 e. The van der Waals surface area contributed by atoms with Crippen LogP contribution >= 0.6 is 9.47 Å². The van der Waals surface area contributed by atoms with E-state index in [4.69, 9.17) is 9.26 Å². The molecule has 0 aromatic carbocycles. The summed E-state index contributed by atoms with van der Waals surface area (Å²) in [4.78, 5) is 25.9. The maximum Gasteiger partial charge on any atom is 0.309 e. The van der Waals surface area contributed by atoms with Crippen LogP contribution in [0.5, 0.6) is 0 Å². The highest BCUT2D eigenvalue weighted by Crippen LogP contribution is 2.35. The van der Waals surface area contributed by atoms with E-state index in [0.29, 0.717) is 12.1 Å². The Morgan fingerprint density at radius 1 is 1.27 bits per heavy atom. The van der Waals surface area contributed by atoms with Gasteiger partial charge in [-0.15, -0.1) is 0 Å². The van der Waals surface area contributed by atoms with Crippen LogP contribution < -0.4 is 5.32 Å². The van der Waals surface area contributed by atoms with Crippen molar-refractivity contribution in [3.05, 3.63) is 11.6 Å². The molecule has 6 nitrogen and oxygen atoms in total. The molecule has 2 heterocycles. The standard InChI is InChI=1S/C23H40NO5P/c1-7-13(2)18-11-17-16(24-17)10-8-9-14(3)21(29-30)15(4)22(27)23(5,6)19(25)12-20(26)28-18/h7,14-19,21,24-25H,8-12,30H2,1-6H3/b13-7+/t14?,15-,16?,17?,18?,19?,21?/m1/s1. The molecular formula is C23H40NO5P. The molecule has 8 atom stereocenters. The summed E-state index contributed by atoms with van der Waals surface area (Å²) in [5.41, 5.74) is -0.0743. The minimum absolute atomic E-state index is 0.0979. The Bertz CT molecular complexity index is 650. The van der Waals surface area contributed by atoms with E-state index in [1.807, 2.05) is 26.8 Å². The van der Waals surface area contributed by atoms with Gasteiger partial charge in [0.05, 0.1) is 24.0 Å². The van der Waals surface area contributed by atoms with Crippen LogP contribution in [0.25, 0.3) is 0 Å². The summed E-state index contributed by atoms with van der Waals surface area (Å²) in [6.45, 7) is 11.3. The van der Waals surface area contributed by atoms with Gasteiger partial charge in [-0.1, -0.05) is 40.2 Å². The molecule has 0 bridgehead atoms. The van der Waals surface area contributed by atoms with Crippen molar-refractivity contribution in [2.75, 3.05) is 0 Å². The first-order valence-electron chi connectivity index (χ1n) is 11.2. The third kappa shape index (κ3) is 6.12. The Balaban J connectivity index is 2.24. The van der Waals surface area contributed by atoms with E-state index in [1.165, 1.54) is 0 Å². The molecule has 2 rings (SSSR count). The molecule has 0 radical (unpaired) electrons. The largest absolute Gasteiger partial charge is 0.458 e. The van der Waals surface area contributed by atoms with Gasteiger partial charge >= 0.3 is 5.97 Å². The number of cyclic esters (lactones) is 1. The topological polar surface area (TPSA) is 94.8 Å². The third-order valence-electron chi connectivity index (χ3n) is 7.14. The van der Waals surface area contributed by atoms with Crippen LogP contribution in [0.4, 0.5) is 0 Å². The molecule has 30 heavy (non-hydrogen) atoms. The second kappa shape index (κ2) is 10.7. The Hall–Kier alpha value is -0.810. The first-order chi connectivity index (χ1) is 14.0. The third-order valence-corrected chi connectivity index (χ3v) is 7.45. The summed E-state index contributed by atoms with van der Waals surface area (Å²) in [5.74, 6) is -0.753. The van der Waals surface area contributed by atoms with Crippen LogP contribution in [0.2, 0.25) is 0 Å². The normalized spacial score (nSPS) is 39.2. The van der Waals surface area contributed by atoms with Crippen molar-refractivity contribution in [2.24, 2.45) is 17.3 Å². The van der Waals surface area contributed by atoms with Crippen molar-refractivity contribution < 1.29 is 24.0 Å². The number of carbonyl (C=O) groups is 2. The maximum atomic E-state index is 13.2. The fraction of sp³-hybridized carbons (Fsp3) is 0.826. The zero-order chi connectivity index (χ0) is 22.6. The number of aliphatic hydroxyl groups excluding tert-OH is 1. The van der Waals surface area contributed by atoms with Crippen molar-refractivity contribution in [3.8, 4) is 0 Å². The Morgan fingerprint density at radius 3 is 2.53 bits per heavy atom. The zero-order valence-corrected chi connectivity index (χ0v) is 20.5. The monoisotopic (exact) mass is 441 g/mol. The molecule has 2 saturated heterocycles. The van der Waals surface area contributed by atoms with Crippen molar-refractivity contribution in [1.82, 2.24) is 5.32 Å². The first kappa shape index (κ1) is 25.5. The number of aliphatic hydroxyl groups is 1. The SMILES string of the molecule is C/C=C(\C)C1CC2NC2CCCC(C)C(OP)[C@@H](C)C(=O)C(C)(C)C(O)CC(=O)O1. The van der Waals surface area contributed by atoms with Crippen molar-refractivity contribution in [1.29, 1.82) is 0 Å². The van der Waals surface area contributed by atoms with Gasteiger partial charge in [-0.2, -0.15) is 0 Å². The van der Waals surface area contributed by atoms with E-state index in [2.05, 4.69) is 21.7 Å². The van der Waals surface area contributed by atoms with Crippen LogP contribution in [0.15, 0.2) is 11.6 Å². The summed E-state index contributed by atoms with van der Waals surface area (Å²) >= 11 is 0. The number of ketones is 1. The number of esters is 1. The van der Waals surface area contributed by atoms with Crippen molar-refractivity contribution >= 4 is 21.2 Å². The lowest BCUT2D eigenvalue weighted by Crippen LogP contribution is -2.46. The van der Waals surface area contributed by atoms with Gasteiger partial charge < -0.3 is 19.7 Å². The predicted molar refractivity (Wildman–Crippen MR) is 121 cm³/mol.